The van der Waals surface area contributed by atoms with Gasteiger partial charge < -0.3 is 4.42 Å². The van der Waals surface area contributed by atoms with Gasteiger partial charge in [-0.05, 0) is 47.1 Å². The maximum Gasteiger partial charge on any atom is 0.185 e. The summed E-state index contributed by atoms with van der Waals surface area (Å²) in [5, 5.41) is 0. The largest absolute Gasteiger partial charge is 0.450 e. The molecule has 86 valence electrons. The van der Waals surface area contributed by atoms with Crippen LogP contribution < -0.4 is 0 Å². The third-order valence-electron chi connectivity index (χ3n) is 2.33. The highest BCUT2D eigenvalue weighted by Gasteiger charge is 2.01. The maximum atomic E-state index is 11.8. The van der Waals surface area contributed by atoms with Gasteiger partial charge in [-0.2, -0.15) is 0 Å². The fraction of sp³-hybridized carbons (Fsp3) is 0.0714. The summed E-state index contributed by atoms with van der Waals surface area (Å²) in [6.45, 7) is 1.99. The summed E-state index contributed by atoms with van der Waals surface area (Å²) in [5.74, 6) is 0.620. The number of hydrogen-bond donors (Lipinski definition) is 0. The quantitative estimate of drug-likeness (QED) is 0.625. The molecule has 1 aromatic heterocycles. The Hall–Kier alpha value is -1.61. The Bertz CT molecular complexity index is 550. The molecule has 0 aliphatic rings. The van der Waals surface area contributed by atoms with Crippen molar-refractivity contribution >= 4 is 27.8 Å². The van der Waals surface area contributed by atoms with Crippen molar-refractivity contribution in [3.63, 3.8) is 0 Å². The third-order valence-corrected chi connectivity index (χ3v) is 2.76. The second kappa shape index (κ2) is 5.15. The lowest BCUT2D eigenvalue weighted by molar-refractivity contribution is 0.104. The molecule has 0 atom stereocenters. The molecule has 0 saturated carbocycles. The molecular formula is C14H11BrO2. The van der Waals surface area contributed by atoms with Gasteiger partial charge in [-0.25, -0.2) is 0 Å². The number of halogens is 1. The van der Waals surface area contributed by atoms with Crippen LogP contribution in [0.2, 0.25) is 0 Å². The molecule has 17 heavy (non-hydrogen) atoms. The highest BCUT2D eigenvalue weighted by Crippen LogP contribution is 2.15. The van der Waals surface area contributed by atoms with E-state index in [1.807, 2.05) is 31.2 Å². The van der Waals surface area contributed by atoms with E-state index in [-0.39, 0.29) is 5.78 Å². The van der Waals surface area contributed by atoms with E-state index in [4.69, 9.17) is 4.42 Å². The van der Waals surface area contributed by atoms with Crippen LogP contribution in [0.1, 0.15) is 21.7 Å². The monoisotopic (exact) mass is 290 g/mol. The Morgan fingerprint density at radius 3 is 2.47 bits per heavy atom. The normalized spacial score (nSPS) is 10.9. The van der Waals surface area contributed by atoms with Crippen molar-refractivity contribution in [2.75, 3.05) is 0 Å². The zero-order chi connectivity index (χ0) is 12.3. The van der Waals surface area contributed by atoms with E-state index in [0.29, 0.717) is 16.0 Å². The first-order valence-electron chi connectivity index (χ1n) is 5.19. The van der Waals surface area contributed by atoms with E-state index in [1.165, 1.54) is 6.08 Å². The summed E-state index contributed by atoms with van der Waals surface area (Å²) in [4.78, 5) is 11.8. The average Bonchev–Trinajstić information content (AvgIpc) is 2.73. The van der Waals surface area contributed by atoms with Crippen molar-refractivity contribution < 1.29 is 9.21 Å². The molecule has 0 fully saturated rings. The minimum Gasteiger partial charge on any atom is -0.450 e. The molecule has 2 rings (SSSR count). The van der Waals surface area contributed by atoms with Crippen molar-refractivity contribution in [3.05, 3.63) is 64.0 Å². The number of allylic oxidation sites excluding steroid dienone is 1. The molecule has 0 aliphatic carbocycles. The number of hydrogen-bond acceptors (Lipinski definition) is 2. The first-order chi connectivity index (χ1) is 8.15. The predicted molar refractivity (Wildman–Crippen MR) is 71.0 cm³/mol. The van der Waals surface area contributed by atoms with Crippen LogP contribution in [0.4, 0.5) is 0 Å². The number of ketones is 1. The van der Waals surface area contributed by atoms with Crippen molar-refractivity contribution in [1.29, 1.82) is 0 Å². The van der Waals surface area contributed by atoms with Crippen LogP contribution in [-0.2, 0) is 0 Å². The highest BCUT2D eigenvalue weighted by molar-refractivity contribution is 9.10. The maximum absolute atomic E-state index is 11.8. The lowest BCUT2D eigenvalue weighted by Gasteiger charge is -1.96. The van der Waals surface area contributed by atoms with E-state index in [2.05, 4.69) is 15.9 Å². The summed E-state index contributed by atoms with van der Waals surface area (Å²) in [7, 11) is 0. The molecular weight excluding hydrogens is 280 g/mol. The van der Waals surface area contributed by atoms with Gasteiger partial charge in [0.25, 0.3) is 0 Å². The van der Waals surface area contributed by atoms with Gasteiger partial charge in [0.1, 0.15) is 5.76 Å². The van der Waals surface area contributed by atoms with Crippen LogP contribution in [0.3, 0.4) is 0 Å². The van der Waals surface area contributed by atoms with Gasteiger partial charge in [0.15, 0.2) is 10.5 Å². The topological polar surface area (TPSA) is 30.2 Å². The Labute approximate surface area is 108 Å². The number of furan rings is 1. The number of carbonyl (C=O) groups excluding carboxylic acids is 1. The SMILES string of the molecule is Cc1ccc(C(=O)/C=C/c2ccc(Br)o2)cc1. The fourth-order valence-electron chi connectivity index (χ4n) is 1.39. The van der Waals surface area contributed by atoms with Crippen molar-refractivity contribution in [2.24, 2.45) is 0 Å². The van der Waals surface area contributed by atoms with E-state index >= 15 is 0 Å². The smallest absolute Gasteiger partial charge is 0.185 e. The van der Waals surface area contributed by atoms with Gasteiger partial charge in [-0.15, -0.1) is 0 Å². The predicted octanol–water partition coefficient (Wildman–Crippen LogP) is 4.25. The molecule has 2 nitrogen and oxygen atoms in total. The van der Waals surface area contributed by atoms with Gasteiger partial charge in [-0.1, -0.05) is 29.8 Å². The minimum absolute atomic E-state index is 0.0301. The second-order valence-electron chi connectivity index (χ2n) is 3.71. The van der Waals surface area contributed by atoms with Crippen molar-refractivity contribution in [2.45, 2.75) is 6.92 Å². The van der Waals surface area contributed by atoms with Gasteiger partial charge in [0.05, 0.1) is 0 Å². The van der Waals surface area contributed by atoms with Crippen LogP contribution in [0.15, 0.2) is 51.6 Å². The molecule has 0 radical (unpaired) electrons. The standard InChI is InChI=1S/C14H11BrO2/c1-10-2-4-11(5-3-10)13(16)8-6-12-7-9-14(15)17-12/h2-9H,1H3/b8-6+. The van der Waals surface area contributed by atoms with Crippen molar-refractivity contribution in [3.8, 4) is 0 Å². The lowest BCUT2D eigenvalue weighted by atomic mass is 10.1. The first kappa shape index (κ1) is 11.9. The van der Waals surface area contributed by atoms with Gasteiger partial charge in [-0.3, -0.25) is 4.79 Å². The molecule has 2 aromatic rings. The number of carbonyl (C=O) groups is 1. The molecule has 0 aliphatic heterocycles. The molecule has 1 aromatic carbocycles. The van der Waals surface area contributed by atoms with Crippen LogP contribution in [0, 0.1) is 6.92 Å². The van der Waals surface area contributed by atoms with Crippen LogP contribution in [0.5, 0.6) is 0 Å². The minimum atomic E-state index is -0.0301. The van der Waals surface area contributed by atoms with E-state index in [0.717, 1.165) is 5.56 Å². The zero-order valence-corrected chi connectivity index (χ0v) is 10.9. The molecule has 0 unspecified atom stereocenters. The summed E-state index contributed by atoms with van der Waals surface area (Å²) >= 11 is 3.21. The van der Waals surface area contributed by atoms with E-state index in [9.17, 15) is 4.79 Å². The highest BCUT2D eigenvalue weighted by atomic mass is 79.9. The zero-order valence-electron chi connectivity index (χ0n) is 9.31. The third kappa shape index (κ3) is 3.17. The molecule has 0 saturated heterocycles. The van der Waals surface area contributed by atoms with E-state index < -0.39 is 0 Å². The number of aryl methyl sites for hydroxylation is 1. The molecule has 3 heteroatoms. The fourth-order valence-corrected chi connectivity index (χ4v) is 1.71. The van der Waals surface area contributed by atoms with Gasteiger partial charge in [0, 0.05) is 5.56 Å². The van der Waals surface area contributed by atoms with Gasteiger partial charge in [0.2, 0.25) is 0 Å². The molecule has 1 heterocycles. The lowest BCUT2D eigenvalue weighted by Crippen LogP contribution is -1.93. The number of rotatable bonds is 3. The summed E-state index contributed by atoms with van der Waals surface area (Å²) in [5.41, 5.74) is 1.82. The molecule has 0 bridgehead atoms. The van der Waals surface area contributed by atoms with Crippen LogP contribution in [0.25, 0.3) is 6.08 Å². The Morgan fingerprint density at radius 1 is 1.18 bits per heavy atom. The van der Waals surface area contributed by atoms with E-state index in [1.54, 1.807) is 18.2 Å². The molecule has 0 amide bonds. The second-order valence-corrected chi connectivity index (χ2v) is 4.49. The summed E-state index contributed by atoms with van der Waals surface area (Å²) in [6.07, 6.45) is 3.17. The Morgan fingerprint density at radius 2 is 1.88 bits per heavy atom. The number of benzene rings is 1. The summed E-state index contributed by atoms with van der Waals surface area (Å²) in [6, 6.07) is 11.1. The summed E-state index contributed by atoms with van der Waals surface area (Å²) < 4.78 is 5.92. The first-order valence-corrected chi connectivity index (χ1v) is 5.99. The Kier molecular flexibility index (Phi) is 3.59. The molecule has 0 spiro atoms. The van der Waals surface area contributed by atoms with Crippen molar-refractivity contribution in [1.82, 2.24) is 0 Å². The van der Waals surface area contributed by atoms with Crippen LogP contribution in [-0.4, -0.2) is 5.78 Å². The Balaban J connectivity index is 2.11. The average molecular weight is 291 g/mol. The van der Waals surface area contributed by atoms with Crippen LogP contribution >= 0.6 is 15.9 Å². The molecule has 0 N–H and O–H groups in total. The van der Waals surface area contributed by atoms with Gasteiger partial charge >= 0.3 is 0 Å².